The summed E-state index contributed by atoms with van der Waals surface area (Å²) in [5.74, 6) is 0.733. The number of nitrogens with one attached hydrogen (secondary N) is 1. The van der Waals surface area contributed by atoms with Crippen molar-refractivity contribution in [3.63, 3.8) is 0 Å². The molecule has 0 aromatic heterocycles. The summed E-state index contributed by atoms with van der Waals surface area (Å²) in [6.07, 6.45) is 2.27. The van der Waals surface area contributed by atoms with E-state index in [2.05, 4.69) is 68.6 Å². The van der Waals surface area contributed by atoms with Gasteiger partial charge in [0.2, 0.25) is 0 Å². The van der Waals surface area contributed by atoms with Crippen LogP contribution in [-0.2, 0) is 6.42 Å². The van der Waals surface area contributed by atoms with Crippen molar-refractivity contribution in [1.29, 1.82) is 0 Å². The van der Waals surface area contributed by atoms with Gasteiger partial charge >= 0.3 is 0 Å². The molecule has 2 aromatic rings. The van der Waals surface area contributed by atoms with E-state index in [1.54, 1.807) is 0 Å². The van der Waals surface area contributed by atoms with Gasteiger partial charge in [0.25, 0.3) is 0 Å². The van der Waals surface area contributed by atoms with Gasteiger partial charge < -0.3 is 5.32 Å². The minimum atomic E-state index is 0.525. The van der Waals surface area contributed by atoms with Crippen LogP contribution < -0.4 is 5.32 Å². The van der Waals surface area contributed by atoms with E-state index in [1.807, 2.05) is 0 Å². The predicted octanol–water partition coefficient (Wildman–Crippen LogP) is 5.10. The molecule has 0 amide bonds. The number of hydrogen-bond donors (Lipinski definition) is 1. The second-order valence-electron chi connectivity index (χ2n) is 6.38. The van der Waals surface area contributed by atoms with Crippen molar-refractivity contribution in [2.45, 2.75) is 39.7 Å². The summed E-state index contributed by atoms with van der Waals surface area (Å²) in [6, 6.07) is 16.1. The zero-order valence-corrected chi connectivity index (χ0v) is 12.6. The Morgan fingerprint density at radius 3 is 2.50 bits per heavy atom. The lowest BCUT2D eigenvalue weighted by Gasteiger charge is -2.18. The first-order valence-electron chi connectivity index (χ1n) is 7.61. The van der Waals surface area contributed by atoms with Crippen LogP contribution in [0.4, 0.5) is 5.69 Å². The topological polar surface area (TPSA) is 12.0 Å². The Morgan fingerprint density at radius 1 is 0.950 bits per heavy atom. The van der Waals surface area contributed by atoms with Crippen LogP contribution in [0.5, 0.6) is 0 Å². The molecule has 1 nitrogen and oxygen atoms in total. The van der Waals surface area contributed by atoms with Gasteiger partial charge in [-0.05, 0) is 60.1 Å². The molecule has 0 fully saturated rings. The second-order valence-corrected chi connectivity index (χ2v) is 6.38. The van der Waals surface area contributed by atoms with Gasteiger partial charge in [-0.25, -0.2) is 0 Å². The maximum atomic E-state index is 3.63. The molecule has 2 aromatic carbocycles. The van der Waals surface area contributed by atoms with Gasteiger partial charge in [-0.2, -0.15) is 0 Å². The molecular formula is C19H23N. The van der Waals surface area contributed by atoms with Gasteiger partial charge in [0, 0.05) is 11.7 Å². The Hall–Kier alpha value is -1.76. The van der Waals surface area contributed by atoms with Crippen LogP contribution in [0.25, 0.3) is 11.1 Å². The molecule has 1 atom stereocenters. The smallest absolute Gasteiger partial charge is 0.0345 e. The van der Waals surface area contributed by atoms with Crippen LogP contribution in [0.1, 0.15) is 38.3 Å². The zero-order valence-electron chi connectivity index (χ0n) is 12.6. The Kier molecular flexibility index (Phi) is 3.52. The minimum absolute atomic E-state index is 0.525. The molecule has 1 unspecified atom stereocenters. The quantitative estimate of drug-likeness (QED) is 0.691. The maximum absolute atomic E-state index is 3.63. The van der Waals surface area contributed by atoms with E-state index in [-0.39, 0.29) is 0 Å². The van der Waals surface area contributed by atoms with Crippen molar-refractivity contribution in [2.24, 2.45) is 5.92 Å². The molecule has 1 N–H and O–H groups in total. The van der Waals surface area contributed by atoms with E-state index >= 15 is 0 Å². The van der Waals surface area contributed by atoms with Crippen molar-refractivity contribution >= 4 is 5.69 Å². The van der Waals surface area contributed by atoms with Crippen LogP contribution in [-0.4, -0.2) is 6.04 Å². The van der Waals surface area contributed by atoms with Crippen molar-refractivity contribution < 1.29 is 0 Å². The molecule has 20 heavy (non-hydrogen) atoms. The highest BCUT2D eigenvalue weighted by Crippen LogP contribution is 2.37. The number of rotatable bonds is 4. The monoisotopic (exact) mass is 265 g/mol. The molecule has 0 heterocycles. The molecule has 0 aliphatic heterocycles. The third-order valence-electron chi connectivity index (χ3n) is 4.03. The van der Waals surface area contributed by atoms with Crippen LogP contribution in [0.3, 0.4) is 0 Å². The fraction of sp³-hybridized carbons (Fsp3) is 0.368. The van der Waals surface area contributed by atoms with E-state index in [4.69, 9.17) is 0 Å². The van der Waals surface area contributed by atoms with Gasteiger partial charge in [-0.1, -0.05) is 44.2 Å². The first kappa shape index (κ1) is 13.2. The molecule has 0 saturated heterocycles. The molecule has 0 radical (unpaired) electrons. The van der Waals surface area contributed by atoms with E-state index < -0.39 is 0 Å². The van der Waals surface area contributed by atoms with Crippen LogP contribution in [0.2, 0.25) is 0 Å². The Labute approximate surface area is 122 Å². The first-order chi connectivity index (χ1) is 9.63. The van der Waals surface area contributed by atoms with Gasteiger partial charge in [0.15, 0.2) is 0 Å². The Balaban J connectivity index is 1.80. The summed E-state index contributed by atoms with van der Waals surface area (Å²) in [7, 11) is 0. The predicted molar refractivity (Wildman–Crippen MR) is 87.2 cm³/mol. The number of benzene rings is 2. The Bertz CT molecular complexity index is 613. The number of hydrogen-bond acceptors (Lipinski definition) is 1. The molecular weight excluding hydrogens is 242 g/mol. The lowest BCUT2D eigenvalue weighted by molar-refractivity contribution is 0.540. The molecule has 0 saturated carbocycles. The highest BCUT2D eigenvalue weighted by molar-refractivity contribution is 5.78. The summed E-state index contributed by atoms with van der Waals surface area (Å²) in [4.78, 5) is 0. The average molecular weight is 265 g/mol. The third-order valence-corrected chi connectivity index (χ3v) is 4.03. The van der Waals surface area contributed by atoms with Gasteiger partial charge in [-0.15, -0.1) is 0 Å². The summed E-state index contributed by atoms with van der Waals surface area (Å²) in [5, 5.41) is 3.63. The molecule has 3 rings (SSSR count). The van der Waals surface area contributed by atoms with Crippen molar-refractivity contribution in [2.75, 3.05) is 5.32 Å². The number of fused-ring (bicyclic) bond motifs is 3. The highest BCUT2D eigenvalue weighted by atomic mass is 14.9. The van der Waals surface area contributed by atoms with E-state index in [9.17, 15) is 0 Å². The van der Waals surface area contributed by atoms with E-state index in [0.29, 0.717) is 6.04 Å². The van der Waals surface area contributed by atoms with Crippen LogP contribution in [0, 0.1) is 5.92 Å². The summed E-state index contributed by atoms with van der Waals surface area (Å²) in [5.41, 5.74) is 6.97. The van der Waals surface area contributed by atoms with Crippen LogP contribution >= 0.6 is 0 Å². The molecule has 1 aliphatic rings. The zero-order chi connectivity index (χ0) is 14.1. The van der Waals surface area contributed by atoms with Crippen molar-refractivity contribution in [1.82, 2.24) is 0 Å². The molecule has 104 valence electrons. The number of anilines is 1. The normalized spacial score (nSPS) is 14.0. The fourth-order valence-electron chi connectivity index (χ4n) is 3.29. The van der Waals surface area contributed by atoms with Crippen LogP contribution in [0.15, 0.2) is 42.5 Å². The lowest BCUT2D eigenvalue weighted by atomic mass is 10.0. The molecule has 0 spiro atoms. The van der Waals surface area contributed by atoms with Gasteiger partial charge in [0.05, 0.1) is 0 Å². The molecule has 0 bridgehead atoms. The SMILES string of the molecule is CC(C)CC(C)Nc1ccc2c(c1)Cc1ccccc1-2. The lowest BCUT2D eigenvalue weighted by Crippen LogP contribution is -2.17. The van der Waals surface area contributed by atoms with E-state index in [0.717, 1.165) is 12.3 Å². The summed E-state index contributed by atoms with van der Waals surface area (Å²) < 4.78 is 0. The highest BCUT2D eigenvalue weighted by Gasteiger charge is 2.18. The second kappa shape index (κ2) is 5.32. The van der Waals surface area contributed by atoms with E-state index in [1.165, 1.54) is 34.4 Å². The Morgan fingerprint density at radius 2 is 1.70 bits per heavy atom. The maximum Gasteiger partial charge on any atom is 0.0345 e. The van der Waals surface area contributed by atoms with Gasteiger partial charge in [-0.3, -0.25) is 0 Å². The average Bonchev–Trinajstić information content (AvgIpc) is 2.75. The minimum Gasteiger partial charge on any atom is -0.383 e. The molecule has 1 aliphatic carbocycles. The largest absolute Gasteiger partial charge is 0.383 e. The van der Waals surface area contributed by atoms with Crippen molar-refractivity contribution in [3.8, 4) is 11.1 Å². The third kappa shape index (κ3) is 2.58. The van der Waals surface area contributed by atoms with Crippen molar-refractivity contribution in [3.05, 3.63) is 53.6 Å². The first-order valence-corrected chi connectivity index (χ1v) is 7.61. The molecule has 1 heteroatoms. The standard InChI is InChI=1S/C19H23N/c1-13(2)10-14(3)20-17-8-9-19-16(12-17)11-15-6-4-5-7-18(15)19/h4-9,12-14,20H,10-11H2,1-3H3. The summed E-state index contributed by atoms with van der Waals surface area (Å²) >= 11 is 0. The summed E-state index contributed by atoms with van der Waals surface area (Å²) in [6.45, 7) is 6.82. The fourth-order valence-corrected chi connectivity index (χ4v) is 3.29. The van der Waals surface area contributed by atoms with Gasteiger partial charge in [0.1, 0.15) is 0 Å².